The van der Waals surface area contributed by atoms with E-state index in [1.807, 2.05) is 6.92 Å². The van der Waals surface area contributed by atoms with Crippen LogP contribution in [0.1, 0.15) is 28.7 Å². The zero-order chi connectivity index (χ0) is 14.5. The molecular weight excluding hydrogens is 251 g/mol. The summed E-state index contributed by atoms with van der Waals surface area (Å²) in [7, 11) is 0. The lowest BCUT2D eigenvalue weighted by Crippen LogP contribution is -2.12. The summed E-state index contributed by atoms with van der Waals surface area (Å²) in [5.74, 6) is -0.240. The normalized spacial score (nSPS) is 12.4. The predicted octanol–water partition coefficient (Wildman–Crippen LogP) is 3.98. The third kappa shape index (κ3) is 4.17. The van der Waals surface area contributed by atoms with Crippen LogP contribution < -0.4 is 0 Å². The molecule has 0 aliphatic rings. The molecule has 0 saturated heterocycles. The predicted molar refractivity (Wildman–Crippen MR) is 80.3 cm³/mol. The van der Waals surface area contributed by atoms with Crippen molar-refractivity contribution in [1.82, 2.24) is 0 Å². The molecule has 20 heavy (non-hydrogen) atoms. The maximum Gasteiger partial charge on any atom is 0.123 e. The molecule has 1 N–H and O–H groups in total. The Hall–Kier alpha value is -1.67. The molecule has 0 aromatic heterocycles. The first-order valence-electron chi connectivity index (χ1n) is 7.03. The molecule has 0 aliphatic heterocycles. The monoisotopic (exact) mass is 272 g/mol. The molecular formula is C18H21FO. The lowest BCUT2D eigenvalue weighted by molar-refractivity contribution is 0.165. The van der Waals surface area contributed by atoms with Gasteiger partial charge in [0.25, 0.3) is 0 Å². The maximum absolute atomic E-state index is 13.2. The van der Waals surface area contributed by atoms with Crippen molar-refractivity contribution in [2.24, 2.45) is 0 Å². The highest BCUT2D eigenvalue weighted by molar-refractivity contribution is 5.27. The van der Waals surface area contributed by atoms with E-state index in [0.29, 0.717) is 12.8 Å². The fourth-order valence-corrected chi connectivity index (χ4v) is 2.30. The van der Waals surface area contributed by atoms with E-state index in [-0.39, 0.29) is 5.82 Å². The minimum atomic E-state index is -0.434. The summed E-state index contributed by atoms with van der Waals surface area (Å²) in [6, 6.07) is 13.1. The first-order chi connectivity index (χ1) is 9.54. The van der Waals surface area contributed by atoms with Gasteiger partial charge in [0.2, 0.25) is 0 Å². The number of halogens is 1. The van der Waals surface area contributed by atoms with E-state index in [9.17, 15) is 9.50 Å². The van der Waals surface area contributed by atoms with Crippen LogP contribution in [0.25, 0.3) is 0 Å². The molecule has 0 heterocycles. The van der Waals surface area contributed by atoms with Crippen molar-refractivity contribution in [3.8, 4) is 0 Å². The van der Waals surface area contributed by atoms with Gasteiger partial charge in [0.05, 0.1) is 6.10 Å². The van der Waals surface area contributed by atoms with E-state index >= 15 is 0 Å². The van der Waals surface area contributed by atoms with Crippen LogP contribution in [0, 0.1) is 19.7 Å². The molecule has 1 unspecified atom stereocenters. The number of aliphatic hydroxyl groups excluding tert-OH is 1. The first-order valence-corrected chi connectivity index (χ1v) is 7.03. The summed E-state index contributed by atoms with van der Waals surface area (Å²) < 4.78 is 13.2. The Labute approximate surface area is 120 Å². The molecule has 1 nitrogen and oxygen atoms in total. The van der Waals surface area contributed by atoms with Crippen molar-refractivity contribution in [2.75, 3.05) is 0 Å². The van der Waals surface area contributed by atoms with Gasteiger partial charge in [-0.15, -0.1) is 0 Å². The molecule has 0 bridgehead atoms. The molecule has 106 valence electrons. The van der Waals surface area contributed by atoms with Gasteiger partial charge in [-0.1, -0.05) is 35.9 Å². The lowest BCUT2D eigenvalue weighted by Gasteiger charge is -2.13. The molecule has 0 radical (unpaired) electrons. The van der Waals surface area contributed by atoms with Gasteiger partial charge in [0, 0.05) is 0 Å². The van der Waals surface area contributed by atoms with E-state index in [0.717, 1.165) is 17.5 Å². The number of rotatable bonds is 5. The summed E-state index contributed by atoms with van der Waals surface area (Å²) in [4.78, 5) is 0. The second-order valence-corrected chi connectivity index (χ2v) is 5.45. The highest BCUT2D eigenvalue weighted by atomic mass is 19.1. The first kappa shape index (κ1) is 14.7. The van der Waals surface area contributed by atoms with Gasteiger partial charge < -0.3 is 5.11 Å². The van der Waals surface area contributed by atoms with E-state index < -0.39 is 6.10 Å². The zero-order valence-electron chi connectivity index (χ0n) is 12.1. The Morgan fingerprint density at radius 2 is 1.75 bits per heavy atom. The third-order valence-electron chi connectivity index (χ3n) is 3.65. The largest absolute Gasteiger partial charge is 0.393 e. The van der Waals surface area contributed by atoms with Gasteiger partial charge in [-0.05, 0) is 61.9 Å². The van der Waals surface area contributed by atoms with Crippen LogP contribution in [0.2, 0.25) is 0 Å². The van der Waals surface area contributed by atoms with Gasteiger partial charge in [-0.25, -0.2) is 4.39 Å². The van der Waals surface area contributed by atoms with Crippen LogP contribution in [0.4, 0.5) is 4.39 Å². The van der Waals surface area contributed by atoms with Crippen molar-refractivity contribution in [3.63, 3.8) is 0 Å². The SMILES string of the molecule is Cc1ccc(CCC(O)Cc2cc(F)ccc2C)cc1. The molecule has 2 aromatic carbocycles. The van der Waals surface area contributed by atoms with E-state index in [1.165, 1.54) is 23.3 Å². The van der Waals surface area contributed by atoms with Crippen LogP contribution in [-0.2, 0) is 12.8 Å². The number of hydrogen-bond donors (Lipinski definition) is 1. The molecule has 0 saturated carbocycles. The molecule has 0 aliphatic carbocycles. The Morgan fingerprint density at radius 1 is 1.05 bits per heavy atom. The average Bonchev–Trinajstić information content (AvgIpc) is 2.42. The summed E-state index contributed by atoms with van der Waals surface area (Å²) in [6.07, 6.45) is 1.61. The van der Waals surface area contributed by atoms with Crippen molar-refractivity contribution in [2.45, 2.75) is 39.2 Å². The number of benzene rings is 2. The van der Waals surface area contributed by atoms with Crippen molar-refractivity contribution < 1.29 is 9.50 Å². The lowest BCUT2D eigenvalue weighted by atomic mass is 9.98. The van der Waals surface area contributed by atoms with Gasteiger partial charge in [0.1, 0.15) is 5.82 Å². The Kier molecular flexibility index (Phi) is 4.91. The van der Waals surface area contributed by atoms with E-state index in [4.69, 9.17) is 0 Å². The maximum atomic E-state index is 13.2. The minimum Gasteiger partial charge on any atom is -0.393 e. The molecule has 0 spiro atoms. The highest BCUT2D eigenvalue weighted by Gasteiger charge is 2.09. The van der Waals surface area contributed by atoms with Crippen LogP contribution >= 0.6 is 0 Å². The molecule has 2 aromatic rings. The summed E-state index contributed by atoms with van der Waals surface area (Å²) in [5.41, 5.74) is 4.39. The Morgan fingerprint density at radius 3 is 2.45 bits per heavy atom. The zero-order valence-corrected chi connectivity index (χ0v) is 12.1. The van der Waals surface area contributed by atoms with Crippen LogP contribution in [0.3, 0.4) is 0 Å². The highest BCUT2D eigenvalue weighted by Crippen LogP contribution is 2.15. The van der Waals surface area contributed by atoms with Crippen LogP contribution in [0.15, 0.2) is 42.5 Å². The summed E-state index contributed by atoms with van der Waals surface area (Å²) in [5, 5.41) is 10.1. The summed E-state index contributed by atoms with van der Waals surface area (Å²) >= 11 is 0. The molecule has 0 fully saturated rings. The average molecular weight is 272 g/mol. The van der Waals surface area contributed by atoms with Gasteiger partial charge in [-0.3, -0.25) is 0 Å². The van der Waals surface area contributed by atoms with Crippen LogP contribution in [0.5, 0.6) is 0 Å². The van der Waals surface area contributed by atoms with Gasteiger partial charge in [0.15, 0.2) is 0 Å². The minimum absolute atomic E-state index is 0.240. The third-order valence-corrected chi connectivity index (χ3v) is 3.65. The van der Waals surface area contributed by atoms with Crippen LogP contribution in [-0.4, -0.2) is 11.2 Å². The number of hydrogen-bond acceptors (Lipinski definition) is 1. The number of aliphatic hydroxyl groups is 1. The topological polar surface area (TPSA) is 20.2 Å². The van der Waals surface area contributed by atoms with E-state index in [2.05, 4.69) is 31.2 Å². The quantitative estimate of drug-likeness (QED) is 0.873. The van der Waals surface area contributed by atoms with Gasteiger partial charge in [-0.2, -0.15) is 0 Å². The molecule has 0 amide bonds. The second kappa shape index (κ2) is 6.67. The van der Waals surface area contributed by atoms with E-state index in [1.54, 1.807) is 6.07 Å². The van der Waals surface area contributed by atoms with Gasteiger partial charge >= 0.3 is 0 Å². The Bertz CT molecular complexity index is 560. The fourth-order valence-electron chi connectivity index (χ4n) is 2.30. The molecule has 1 atom stereocenters. The molecule has 2 heteroatoms. The smallest absolute Gasteiger partial charge is 0.123 e. The fraction of sp³-hybridized carbons (Fsp3) is 0.333. The Balaban J connectivity index is 1.90. The number of aryl methyl sites for hydroxylation is 3. The molecule has 2 rings (SSSR count). The van der Waals surface area contributed by atoms with Crippen molar-refractivity contribution >= 4 is 0 Å². The van der Waals surface area contributed by atoms with Crippen molar-refractivity contribution in [3.05, 3.63) is 70.5 Å². The van der Waals surface area contributed by atoms with Crippen molar-refractivity contribution in [1.29, 1.82) is 0 Å². The second-order valence-electron chi connectivity index (χ2n) is 5.45. The summed E-state index contributed by atoms with van der Waals surface area (Å²) in [6.45, 7) is 4.01. The standard InChI is InChI=1S/C18H21FO/c1-13-3-6-15(7-4-13)8-10-18(20)12-16-11-17(19)9-5-14(16)2/h3-7,9,11,18,20H,8,10,12H2,1-2H3.